The van der Waals surface area contributed by atoms with Gasteiger partial charge in [-0.3, -0.25) is 14.2 Å². The highest BCUT2D eigenvalue weighted by atomic mass is 32.2. The van der Waals surface area contributed by atoms with Crippen molar-refractivity contribution in [3.05, 3.63) is 83.9 Å². The second kappa shape index (κ2) is 10.1. The lowest BCUT2D eigenvalue weighted by atomic mass is 10.1. The van der Waals surface area contributed by atoms with Gasteiger partial charge in [-0.1, -0.05) is 31.2 Å². The minimum absolute atomic E-state index is 0.00338. The first-order valence-corrected chi connectivity index (χ1v) is 13.3. The SMILES string of the molecule is CCCS(=O)(=O)Nc1cccc(NC(=O)c2ccc(NS(=O)(=O)c3ccccc3)cc2)c1C. The first-order valence-electron chi connectivity index (χ1n) is 10.2. The van der Waals surface area contributed by atoms with Crippen molar-refractivity contribution in [2.45, 2.75) is 25.2 Å². The number of hydrogen-bond acceptors (Lipinski definition) is 5. The smallest absolute Gasteiger partial charge is 0.261 e. The van der Waals surface area contributed by atoms with Crippen molar-refractivity contribution >= 4 is 43.0 Å². The molecule has 0 bridgehead atoms. The van der Waals surface area contributed by atoms with Crippen LogP contribution >= 0.6 is 0 Å². The average Bonchev–Trinajstić information content (AvgIpc) is 2.77. The average molecular weight is 488 g/mol. The van der Waals surface area contributed by atoms with Gasteiger partial charge in [0.05, 0.1) is 16.3 Å². The zero-order chi connectivity index (χ0) is 24.1. The Morgan fingerprint density at radius 2 is 1.42 bits per heavy atom. The normalized spacial score (nSPS) is 11.6. The minimum atomic E-state index is -3.73. The van der Waals surface area contributed by atoms with E-state index in [-0.39, 0.29) is 10.6 Å². The number of sulfonamides is 2. The summed E-state index contributed by atoms with van der Waals surface area (Å²) in [6, 6.07) is 18.9. The quantitative estimate of drug-likeness (QED) is 0.418. The number of carbonyl (C=O) groups excluding carboxylic acids is 1. The van der Waals surface area contributed by atoms with Crippen LogP contribution in [0.25, 0.3) is 0 Å². The Bertz CT molecular complexity index is 1340. The van der Waals surface area contributed by atoms with E-state index < -0.39 is 26.0 Å². The van der Waals surface area contributed by atoms with E-state index in [1.54, 1.807) is 50.2 Å². The number of amides is 1. The largest absolute Gasteiger partial charge is 0.322 e. The van der Waals surface area contributed by atoms with Gasteiger partial charge >= 0.3 is 0 Å². The zero-order valence-electron chi connectivity index (χ0n) is 18.2. The molecule has 0 aliphatic heterocycles. The maximum Gasteiger partial charge on any atom is 0.261 e. The predicted molar refractivity (Wildman–Crippen MR) is 131 cm³/mol. The first kappa shape index (κ1) is 24.3. The molecule has 3 aromatic carbocycles. The van der Waals surface area contributed by atoms with Gasteiger partial charge in [0.15, 0.2) is 0 Å². The van der Waals surface area contributed by atoms with Gasteiger partial charge in [-0.25, -0.2) is 16.8 Å². The molecule has 0 atom stereocenters. The van der Waals surface area contributed by atoms with Gasteiger partial charge in [-0.2, -0.15) is 0 Å². The summed E-state index contributed by atoms with van der Waals surface area (Å²) in [6.45, 7) is 3.49. The van der Waals surface area contributed by atoms with E-state index >= 15 is 0 Å². The lowest BCUT2D eigenvalue weighted by molar-refractivity contribution is 0.102. The molecule has 0 saturated heterocycles. The number of hydrogen-bond donors (Lipinski definition) is 3. The molecule has 3 N–H and O–H groups in total. The van der Waals surface area contributed by atoms with E-state index in [9.17, 15) is 21.6 Å². The summed E-state index contributed by atoms with van der Waals surface area (Å²) in [7, 11) is -7.19. The van der Waals surface area contributed by atoms with Gasteiger partial charge in [0.2, 0.25) is 10.0 Å². The van der Waals surface area contributed by atoms with Crippen molar-refractivity contribution in [1.82, 2.24) is 0 Å². The molecule has 8 nitrogen and oxygen atoms in total. The zero-order valence-corrected chi connectivity index (χ0v) is 19.8. The van der Waals surface area contributed by atoms with E-state index in [4.69, 9.17) is 0 Å². The van der Waals surface area contributed by atoms with Gasteiger partial charge in [0.1, 0.15) is 0 Å². The molecule has 0 spiro atoms. The molecule has 0 heterocycles. The maximum absolute atomic E-state index is 12.7. The van der Waals surface area contributed by atoms with Crippen LogP contribution in [-0.2, 0) is 20.0 Å². The number of anilines is 3. The third-order valence-corrected chi connectivity index (χ3v) is 7.65. The second-order valence-electron chi connectivity index (χ2n) is 7.35. The molecular formula is C23H25N3O5S2. The molecule has 0 aliphatic carbocycles. The summed E-state index contributed by atoms with van der Waals surface area (Å²) in [5.41, 5.74) is 2.07. The van der Waals surface area contributed by atoms with Crippen LogP contribution in [0.4, 0.5) is 17.1 Å². The number of benzene rings is 3. The molecule has 0 aliphatic rings. The molecule has 174 valence electrons. The standard InChI is InChI=1S/C23H25N3O5S2/c1-3-16-32(28,29)26-22-11-7-10-21(17(22)2)24-23(27)18-12-14-19(15-13-18)25-33(30,31)20-8-5-4-6-9-20/h4-15,25-26H,3,16H2,1-2H3,(H,24,27). The Labute approximate surface area is 194 Å². The molecule has 1 amide bonds. The van der Waals surface area contributed by atoms with E-state index in [0.717, 1.165) is 0 Å². The van der Waals surface area contributed by atoms with Crippen LogP contribution in [-0.4, -0.2) is 28.5 Å². The van der Waals surface area contributed by atoms with Crippen LogP contribution in [0.5, 0.6) is 0 Å². The summed E-state index contributed by atoms with van der Waals surface area (Å²) < 4.78 is 54.0. The van der Waals surface area contributed by atoms with Gasteiger partial charge in [0.25, 0.3) is 15.9 Å². The third kappa shape index (κ3) is 6.33. The summed E-state index contributed by atoms with van der Waals surface area (Å²) in [6.07, 6.45) is 0.488. The van der Waals surface area contributed by atoms with Crippen molar-refractivity contribution in [2.24, 2.45) is 0 Å². The van der Waals surface area contributed by atoms with E-state index in [2.05, 4.69) is 14.8 Å². The topological polar surface area (TPSA) is 121 Å². The Morgan fingerprint density at radius 3 is 2.06 bits per heavy atom. The van der Waals surface area contributed by atoms with Crippen molar-refractivity contribution < 1.29 is 21.6 Å². The monoisotopic (exact) mass is 487 g/mol. The molecule has 0 saturated carbocycles. The molecule has 0 fully saturated rings. The van der Waals surface area contributed by atoms with Crippen LogP contribution in [0.1, 0.15) is 29.3 Å². The van der Waals surface area contributed by atoms with Crippen LogP contribution in [0.3, 0.4) is 0 Å². The van der Waals surface area contributed by atoms with Gasteiger partial charge in [0, 0.05) is 16.9 Å². The lowest BCUT2D eigenvalue weighted by Gasteiger charge is -2.14. The minimum Gasteiger partial charge on any atom is -0.322 e. The summed E-state index contributed by atoms with van der Waals surface area (Å²) in [4.78, 5) is 12.8. The van der Waals surface area contributed by atoms with E-state index in [1.165, 1.54) is 36.4 Å². The van der Waals surface area contributed by atoms with Crippen LogP contribution in [0, 0.1) is 6.92 Å². The van der Waals surface area contributed by atoms with Crippen molar-refractivity contribution in [1.29, 1.82) is 0 Å². The molecule has 0 radical (unpaired) electrons. The molecule has 33 heavy (non-hydrogen) atoms. The molecule has 3 aromatic rings. The van der Waals surface area contributed by atoms with Crippen molar-refractivity contribution in [3.63, 3.8) is 0 Å². The van der Waals surface area contributed by atoms with E-state index in [1.807, 2.05) is 0 Å². The predicted octanol–water partition coefficient (Wildman–Crippen LogP) is 4.20. The van der Waals surface area contributed by atoms with Crippen LogP contribution in [0.2, 0.25) is 0 Å². The van der Waals surface area contributed by atoms with Gasteiger partial charge < -0.3 is 5.32 Å². The van der Waals surface area contributed by atoms with E-state index in [0.29, 0.717) is 34.6 Å². The molecule has 10 heteroatoms. The molecule has 0 unspecified atom stereocenters. The highest BCUT2D eigenvalue weighted by Crippen LogP contribution is 2.25. The fraction of sp³-hybridized carbons (Fsp3) is 0.174. The maximum atomic E-state index is 12.7. The lowest BCUT2D eigenvalue weighted by Crippen LogP contribution is -2.18. The summed E-state index contributed by atoms with van der Waals surface area (Å²) in [5, 5.41) is 2.77. The fourth-order valence-corrected chi connectivity index (χ4v) is 5.34. The van der Waals surface area contributed by atoms with Crippen molar-refractivity contribution in [2.75, 3.05) is 20.5 Å². The summed E-state index contributed by atoms with van der Waals surface area (Å²) in [5.74, 6) is -0.409. The van der Waals surface area contributed by atoms with Crippen LogP contribution < -0.4 is 14.8 Å². The summed E-state index contributed by atoms with van der Waals surface area (Å²) >= 11 is 0. The Kier molecular flexibility index (Phi) is 7.39. The fourth-order valence-electron chi connectivity index (χ4n) is 3.07. The van der Waals surface area contributed by atoms with Gasteiger partial charge in [-0.05, 0) is 67.4 Å². The van der Waals surface area contributed by atoms with Crippen LogP contribution in [0.15, 0.2) is 77.7 Å². The first-order chi connectivity index (χ1) is 15.6. The molecule has 0 aromatic heterocycles. The highest BCUT2D eigenvalue weighted by molar-refractivity contribution is 7.93. The third-order valence-electron chi connectivity index (χ3n) is 4.77. The molecule has 3 rings (SSSR count). The second-order valence-corrected chi connectivity index (χ2v) is 10.9. The van der Waals surface area contributed by atoms with Crippen molar-refractivity contribution in [3.8, 4) is 0 Å². The Morgan fingerprint density at radius 1 is 0.788 bits per heavy atom. The number of carbonyl (C=O) groups is 1. The Hall–Kier alpha value is -3.37. The van der Waals surface area contributed by atoms with Gasteiger partial charge in [-0.15, -0.1) is 0 Å². The molecular weight excluding hydrogens is 462 g/mol. The number of rotatable bonds is 9. The highest BCUT2D eigenvalue weighted by Gasteiger charge is 2.16. The number of nitrogens with one attached hydrogen (secondary N) is 3. The Balaban J connectivity index is 1.72.